The number of hydrogen-bond donors (Lipinski definition) is 5. The van der Waals surface area contributed by atoms with Crippen LogP contribution >= 0.6 is 0 Å². The zero-order valence-corrected chi connectivity index (χ0v) is 47.6. The minimum Gasteiger partial charge on any atom is -0.394 e. The van der Waals surface area contributed by atoms with E-state index in [1.807, 2.05) is 0 Å². The second-order valence-electron chi connectivity index (χ2n) is 22.5. The molecule has 0 saturated heterocycles. The lowest BCUT2D eigenvalue weighted by molar-refractivity contribution is -0.132. The van der Waals surface area contributed by atoms with Gasteiger partial charge in [-0.05, 0) is 38.5 Å². The quantitative estimate of drug-likeness (QED) is 0.0308. The average molecular weight is 991 g/mol. The van der Waals surface area contributed by atoms with Crippen molar-refractivity contribution >= 4 is 5.91 Å². The molecule has 70 heavy (non-hydrogen) atoms. The molecule has 4 atom stereocenters. The fourth-order valence-corrected chi connectivity index (χ4v) is 10.5. The van der Waals surface area contributed by atoms with E-state index in [9.17, 15) is 25.2 Å². The van der Waals surface area contributed by atoms with Gasteiger partial charge in [0.1, 0.15) is 12.2 Å². The highest BCUT2D eigenvalue weighted by Crippen LogP contribution is 2.19. The summed E-state index contributed by atoms with van der Waals surface area (Å²) in [6.45, 7) is 4.09. The van der Waals surface area contributed by atoms with E-state index >= 15 is 0 Å². The largest absolute Gasteiger partial charge is 0.394 e. The predicted octanol–water partition coefficient (Wildman–Crippen LogP) is 19.2. The average Bonchev–Trinajstić information content (AvgIpc) is 3.36. The van der Waals surface area contributed by atoms with E-state index in [4.69, 9.17) is 0 Å². The lowest BCUT2D eigenvalue weighted by Gasteiger charge is -2.27. The minimum atomic E-state index is -1.28. The third-order valence-electron chi connectivity index (χ3n) is 15.5. The molecule has 0 aliphatic heterocycles. The monoisotopic (exact) mass is 990 g/mol. The Morgan fingerprint density at radius 2 is 0.586 bits per heavy atom. The van der Waals surface area contributed by atoms with E-state index in [-0.39, 0.29) is 0 Å². The third-order valence-corrected chi connectivity index (χ3v) is 15.5. The molecule has 4 unspecified atom stereocenters. The predicted molar refractivity (Wildman–Crippen MR) is 307 cm³/mol. The van der Waals surface area contributed by atoms with Crippen molar-refractivity contribution in [3.05, 3.63) is 12.2 Å². The van der Waals surface area contributed by atoms with Crippen molar-refractivity contribution in [2.24, 2.45) is 0 Å². The van der Waals surface area contributed by atoms with Crippen molar-refractivity contribution < 1.29 is 25.2 Å². The van der Waals surface area contributed by atoms with E-state index in [1.54, 1.807) is 0 Å². The summed E-state index contributed by atoms with van der Waals surface area (Å²) in [5, 5.41) is 44.1. The van der Waals surface area contributed by atoms with Crippen LogP contribution < -0.4 is 5.32 Å². The number of rotatable bonds is 60. The molecule has 0 rings (SSSR count). The molecular formula is C64H127NO5. The first-order valence-electron chi connectivity index (χ1n) is 32.1. The van der Waals surface area contributed by atoms with Crippen molar-refractivity contribution in [2.45, 2.75) is 385 Å². The van der Waals surface area contributed by atoms with E-state index in [2.05, 4.69) is 31.3 Å². The Bertz CT molecular complexity index is 1020. The molecule has 6 nitrogen and oxygen atoms in total. The number of carbonyl (C=O) groups excluding carboxylic acids is 1. The first kappa shape index (κ1) is 69.0. The normalized spacial score (nSPS) is 13.6. The van der Waals surface area contributed by atoms with Crippen LogP contribution in [0.1, 0.15) is 361 Å². The lowest BCUT2D eigenvalue weighted by Crippen LogP contribution is -2.53. The van der Waals surface area contributed by atoms with Gasteiger partial charge in [0.05, 0.1) is 18.8 Å². The van der Waals surface area contributed by atoms with Gasteiger partial charge in [0.15, 0.2) is 0 Å². The summed E-state index contributed by atoms with van der Waals surface area (Å²) in [4.78, 5) is 12.6. The van der Waals surface area contributed by atoms with E-state index in [0.717, 1.165) is 38.5 Å². The van der Waals surface area contributed by atoms with Gasteiger partial charge in [-0.15, -0.1) is 0 Å². The smallest absolute Gasteiger partial charge is 0.249 e. The Morgan fingerprint density at radius 3 is 0.857 bits per heavy atom. The van der Waals surface area contributed by atoms with Gasteiger partial charge in [0.2, 0.25) is 5.91 Å². The van der Waals surface area contributed by atoms with Crippen molar-refractivity contribution in [2.75, 3.05) is 6.61 Å². The lowest BCUT2D eigenvalue weighted by atomic mass is 10.00. The Labute approximate surface area is 438 Å². The molecule has 0 spiro atoms. The molecular weight excluding hydrogens is 863 g/mol. The fraction of sp³-hybridized carbons (Fsp3) is 0.953. The van der Waals surface area contributed by atoms with Gasteiger partial charge >= 0.3 is 0 Å². The first-order valence-corrected chi connectivity index (χ1v) is 32.1. The van der Waals surface area contributed by atoms with Crippen molar-refractivity contribution in [1.82, 2.24) is 5.32 Å². The molecule has 0 aromatic carbocycles. The Morgan fingerprint density at radius 1 is 0.343 bits per heavy atom. The molecule has 0 radical (unpaired) electrons. The zero-order valence-electron chi connectivity index (χ0n) is 47.6. The van der Waals surface area contributed by atoms with E-state index < -0.39 is 36.9 Å². The molecule has 1 amide bonds. The van der Waals surface area contributed by atoms with Gasteiger partial charge in [-0.3, -0.25) is 4.79 Å². The summed E-state index contributed by atoms with van der Waals surface area (Å²) < 4.78 is 0. The Kier molecular flexibility index (Phi) is 58.1. The van der Waals surface area contributed by atoms with Gasteiger partial charge in [-0.1, -0.05) is 334 Å². The molecule has 0 aliphatic rings. The van der Waals surface area contributed by atoms with E-state index in [0.29, 0.717) is 12.8 Å². The summed E-state index contributed by atoms with van der Waals surface area (Å²) >= 11 is 0. The van der Waals surface area contributed by atoms with Crippen LogP contribution in [0, 0.1) is 0 Å². The third kappa shape index (κ3) is 51.9. The van der Waals surface area contributed by atoms with Crippen LogP contribution in [0.3, 0.4) is 0 Å². The van der Waals surface area contributed by atoms with Crippen LogP contribution in [-0.2, 0) is 4.79 Å². The highest BCUT2D eigenvalue weighted by Gasteiger charge is 2.28. The van der Waals surface area contributed by atoms with Crippen LogP contribution in [0.5, 0.6) is 0 Å². The number of carbonyl (C=O) groups is 1. The Balaban J connectivity index is 3.53. The minimum absolute atomic E-state index is 0.369. The maximum absolute atomic E-state index is 12.6. The molecule has 6 heteroatoms. The second kappa shape index (κ2) is 58.9. The SMILES string of the molecule is CCCCCCCCCCCCCCCCC/C=C/CCCC(O)C(O)C(CO)NC(=O)C(O)CCCCCCCCCCCCCCCCCCCCCCCCCCCCCCCCCCCC. The summed E-state index contributed by atoms with van der Waals surface area (Å²) in [5.41, 5.74) is 0. The topological polar surface area (TPSA) is 110 Å². The molecule has 0 aromatic heterocycles. The highest BCUT2D eigenvalue weighted by atomic mass is 16.3. The van der Waals surface area contributed by atoms with Crippen molar-refractivity contribution in [3.8, 4) is 0 Å². The molecule has 0 bridgehead atoms. The van der Waals surface area contributed by atoms with Crippen LogP contribution in [0.25, 0.3) is 0 Å². The summed E-state index contributed by atoms with van der Waals surface area (Å²) in [6.07, 6.45) is 71.8. The second-order valence-corrected chi connectivity index (χ2v) is 22.5. The maximum Gasteiger partial charge on any atom is 0.249 e. The van der Waals surface area contributed by atoms with Crippen LogP contribution in [0.4, 0.5) is 0 Å². The number of amides is 1. The fourth-order valence-electron chi connectivity index (χ4n) is 10.5. The van der Waals surface area contributed by atoms with Gasteiger partial charge in [-0.25, -0.2) is 0 Å². The van der Waals surface area contributed by atoms with Crippen LogP contribution in [0.15, 0.2) is 12.2 Å². The van der Waals surface area contributed by atoms with Gasteiger partial charge in [0.25, 0.3) is 0 Å². The number of hydrogen-bond acceptors (Lipinski definition) is 5. The van der Waals surface area contributed by atoms with Gasteiger partial charge < -0.3 is 25.7 Å². The summed E-state index contributed by atoms with van der Waals surface area (Å²) in [6, 6.07) is -0.999. The maximum atomic E-state index is 12.6. The number of aliphatic hydroxyl groups is 4. The zero-order chi connectivity index (χ0) is 50.9. The van der Waals surface area contributed by atoms with Gasteiger partial charge in [-0.2, -0.15) is 0 Å². The van der Waals surface area contributed by atoms with Gasteiger partial charge in [0, 0.05) is 0 Å². The molecule has 0 aromatic rings. The van der Waals surface area contributed by atoms with Crippen LogP contribution in [-0.4, -0.2) is 57.3 Å². The summed E-state index contributed by atoms with van der Waals surface area (Å²) in [5.74, 6) is -0.585. The molecule has 418 valence electrons. The number of unbranched alkanes of at least 4 members (excludes halogenated alkanes) is 49. The molecule has 0 saturated carbocycles. The summed E-state index contributed by atoms with van der Waals surface area (Å²) in [7, 11) is 0. The Hall–Kier alpha value is -0.950. The number of allylic oxidation sites excluding steroid dienone is 2. The standard InChI is InChI=1S/C64H127NO5/c1-3-5-7-9-11-13-15-17-19-21-23-25-26-27-28-29-30-31-32-33-34-35-36-37-38-40-42-44-46-48-50-52-54-56-58-62(68)64(70)65-60(59-66)63(69)61(67)57-55-53-51-49-47-45-43-41-39-24-22-20-18-16-14-12-10-8-6-4-2/h49,51,60-63,66-69H,3-48,50,52-59H2,1-2H3,(H,65,70)/b51-49+. The van der Waals surface area contributed by atoms with Crippen LogP contribution in [0.2, 0.25) is 0 Å². The molecule has 0 heterocycles. The number of aliphatic hydroxyl groups excluding tert-OH is 4. The van der Waals surface area contributed by atoms with Crippen molar-refractivity contribution in [3.63, 3.8) is 0 Å². The molecule has 5 N–H and O–H groups in total. The first-order chi connectivity index (χ1) is 34.5. The van der Waals surface area contributed by atoms with Crippen molar-refractivity contribution in [1.29, 1.82) is 0 Å². The highest BCUT2D eigenvalue weighted by molar-refractivity contribution is 5.80. The number of nitrogens with one attached hydrogen (secondary N) is 1. The molecule has 0 aliphatic carbocycles. The molecule has 0 fully saturated rings. The van der Waals surface area contributed by atoms with E-state index in [1.165, 1.54) is 295 Å².